The highest BCUT2D eigenvalue weighted by atomic mass is 32.2. The summed E-state index contributed by atoms with van der Waals surface area (Å²) in [5.41, 5.74) is 0. The number of nitrogens with one attached hydrogen (secondary N) is 1. The van der Waals surface area contributed by atoms with Gasteiger partial charge in [0.15, 0.2) is 0 Å². The molecule has 0 saturated heterocycles. The molecule has 0 bridgehead atoms. The van der Waals surface area contributed by atoms with Crippen LogP contribution in [0.3, 0.4) is 0 Å². The molecule has 4 heteroatoms. The molecule has 1 N–H and O–H groups in total. The summed E-state index contributed by atoms with van der Waals surface area (Å²) >= 11 is 0. The van der Waals surface area contributed by atoms with Crippen molar-refractivity contribution in [3.63, 3.8) is 0 Å². The van der Waals surface area contributed by atoms with Crippen molar-refractivity contribution >= 4 is 9.84 Å². The first-order chi connectivity index (χ1) is 8.59. The summed E-state index contributed by atoms with van der Waals surface area (Å²) in [4.78, 5) is 0. The first-order valence-corrected chi connectivity index (χ1v) is 9.35. The van der Waals surface area contributed by atoms with Crippen LogP contribution < -0.4 is 5.32 Å². The van der Waals surface area contributed by atoms with Gasteiger partial charge in [-0.25, -0.2) is 8.42 Å². The second-order valence-electron chi connectivity index (χ2n) is 5.48. The van der Waals surface area contributed by atoms with E-state index in [4.69, 9.17) is 0 Å². The van der Waals surface area contributed by atoms with Gasteiger partial charge >= 0.3 is 0 Å². The van der Waals surface area contributed by atoms with Gasteiger partial charge in [0, 0.05) is 11.8 Å². The maximum atomic E-state index is 11.6. The maximum Gasteiger partial charge on any atom is 0.150 e. The predicted molar refractivity (Wildman–Crippen MR) is 77.6 cm³/mol. The average Bonchev–Trinajstić information content (AvgIpc) is 2.59. The van der Waals surface area contributed by atoms with E-state index in [0.29, 0.717) is 17.7 Å². The van der Waals surface area contributed by atoms with Gasteiger partial charge in [-0.1, -0.05) is 33.1 Å². The van der Waals surface area contributed by atoms with Crippen LogP contribution in [0.1, 0.15) is 58.8 Å². The van der Waals surface area contributed by atoms with Gasteiger partial charge in [0.1, 0.15) is 9.84 Å². The predicted octanol–water partition coefficient (Wildman–Crippen LogP) is 2.76. The third-order valence-electron chi connectivity index (χ3n) is 4.06. The zero-order chi connectivity index (χ0) is 13.4. The molecule has 0 aromatic heterocycles. The fourth-order valence-electron chi connectivity index (χ4n) is 2.80. The summed E-state index contributed by atoms with van der Waals surface area (Å²) in [7, 11) is -2.80. The monoisotopic (exact) mass is 275 g/mol. The molecule has 2 unspecified atom stereocenters. The third kappa shape index (κ3) is 5.70. The van der Waals surface area contributed by atoms with Gasteiger partial charge < -0.3 is 5.32 Å². The number of hydrogen-bond acceptors (Lipinski definition) is 3. The van der Waals surface area contributed by atoms with E-state index in [1.807, 2.05) is 0 Å². The van der Waals surface area contributed by atoms with Gasteiger partial charge in [0.05, 0.1) is 5.75 Å². The minimum atomic E-state index is -2.80. The topological polar surface area (TPSA) is 46.2 Å². The van der Waals surface area contributed by atoms with Gasteiger partial charge in [-0.15, -0.1) is 0 Å². The lowest BCUT2D eigenvalue weighted by molar-refractivity contribution is 0.326. The van der Waals surface area contributed by atoms with Crippen molar-refractivity contribution in [3.05, 3.63) is 0 Å². The number of rotatable bonds is 7. The van der Waals surface area contributed by atoms with Crippen molar-refractivity contribution in [1.82, 2.24) is 5.32 Å². The molecule has 18 heavy (non-hydrogen) atoms. The molecule has 0 heterocycles. The van der Waals surface area contributed by atoms with Crippen LogP contribution >= 0.6 is 0 Å². The average molecular weight is 275 g/mol. The van der Waals surface area contributed by atoms with E-state index in [2.05, 4.69) is 12.2 Å². The van der Waals surface area contributed by atoms with Crippen LogP contribution in [0.4, 0.5) is 0 Å². The molecule has 1 fully saturated rings. The van der Waals surface area contributed by atoms with Gasteiger partial charge in [-0.05, 0) is 38.1 Å². The van der Waals surface area contributed by atoms with Crippen LogP contribution in [0, 0.1) is 5.92 Å². The second-order valence-corrected chi connectivity index (χ2v) is 7.96. The quantitative estimate of drug-likeness (QED) is 0.727. The molecule has 0 aromatic carbocycles. The SMILES string of the molecule is CCCNC1CCCCCC1CCS(=O)(=O)CC. The molecule has 0 amide bonds. The summed E-state index contributed by atoms with van der Waals surface area (Å²) in [6.45, 7) is 4.98. The molecular formula is C14H29NO2S. The maximum absolute atomic E-state index is 11.6. The van der Waals surface area contributed by atoms with E-state index >= 15 is 0 Å². The van der Waals surface area contributed by atoms with Crippen molar-refractivity contribution < 1.29 is 8.42 Å². The van der Waals surface area contributed by atoms with E-state index < -0.39 is 9.84 Å². The largest absolute Gasteiger partial charge is 0.314 e. The normalized spacial score (nSPS) is 25.9. The van der Waals surface area contributed by atoms with E-state index in [0.717, 1.165) is 19.4 Å². The molecule has 1 aliphatic carbocycles. The van der Waals surface area contributed by atoms with E-state index in [9.17, 15) is 8.42 Å². The molecule has 1 aliphatic rings. The highest BCUT2D eigenvalue weighted by Crippen LogP contribution is 2.26. The lowest BCUT2D eigenvalue weighted by Gasteiger charge is -2.26. The molecule has 0 aliphatic heterocycles. The van der Waals surface area contributed by atoms with Crippen molar-refractivity contribution in [2.45, 2.75) is 64.8 Å². The third-order valence-corrected chi connectivity index (χ3v) is 5.79. The smallest absolute Gasteiger partial charge is 0.150 e. The Balaban J connectivity index is 2.51. The zero-order valence-electron chi connectivity index (χ0n) is 12.0. The molecular weight excluding hydrogens is 246 g/mol. The molecule has 0 radical (unpaired) electrons. The Kier molecular flexibility index (Phi) is 7.23. The minimum Gasteiger partial charge on any atom is -0.314 e. The van der Waals surface area contributed by atoms with Gasteiger partial charge in [0.2, 0.25) is 0 Å². The fraction of sp³-hybridized carbons (Fsp3) is 1.00. The van der Waals surface area contributed by atoms with E-state index in [1.165, 1.54) is 32.1 Å². The summed E-state index contributed by atoms with van der Waals surface area (Å²) in [6.07, 6.45) is 8.27. The molecule has 3 nitrogen and oxygen atoms in total. The van der Waals surface area contributed by atoms with Crippen LogP contribution in [-0.4, -0.2) is 32.5 Å². The molecule has 2 atom stereocenters. The first kappa shape index (κ1) is 16.0. The van der Waals surface area contributed by atoms with Crippen molar-refractivity contribution in [2.24, 2.45) is 5.92 Å². The zero-order valence-corrected chi connectivity index (χ0v) is 12.8. The van der Waals surface area contributed by atoms with E-state index in [1.54, 1.807) is 6.92 Å². The highest BCUT2D eigenvalue weighted by Gasteiger charge is 2.24. The molecule has 1 saturated carbocycles. The summed E-state index contributed by atoms with van der Waals surface area (Å²) in [5, 5.41) is 3.62. The summed E-state index contributed by atoms with van der Waals surface area (Å²) in [6, 6.07) is 0.541. The van der Waals surface area contributed by atoms with Crippen LogP contribution in [0.2, 0.25) is 0 Å². The molecule has 0 spiro atoms. The standard InChI is InChI=1S/C14H29NO2S/c1-3-11-15-14-9-7-5-6-8-13(14)10-12-18(16,17)4-2/h13-15H,3-12H2,1-2H3. The lowest BCUT2D eigenvalue weighted by Crippen LogP contribution is -2.37. The Morgan fingerprint density at radius 2 is 1.83 bits per heavy atom. The Bertz CT molecular complexity index is 314. The van der Waals surface area contributed by atoms with Crippen LogP contribution in [0.5, 0.6) is 0 Å². The Morgan fingerprint density at radius 3 is 2.50 bits per heavy atom. The lowest BCUT2D eigenvalue weighted by atomic mass is 9.92. The summed E-state index contributed by atoms with van der Waals surface area (Å²) < 4.78 is 23.3. The minimum absolute atomic E-state index is 0.284. The molecule has 1 rings (SSSR count). The molecule has 108 valence electrons. The van der Waals surface area contributed by atoms with Crippen molar-refractivity contribution in [3.8, 4) is 0 Å². The Labute approximate surface area is 113 Å². The number of sulfone groups is 1. The van der Waals surface area contributed by atoms with Crippen LogP contribution in [0.15, 0.2) is 0 Å². The van der Waals surface area contributed by atoms with Gasteiger partial charge in [0.25, 0.3) is 0 Å². The van der Waals surface area contributed by atoms with Crippen LogP contribution in [0.25, 0.3) is 0 Å². The van der Waals surface area contributed by atoms with Gasteiger partial charge in [-0.3, -0.25) is 0 Å². The molecule has 0 aromatic rings. The number of hydrogen-bond donors (Lipinski definition) is 1. The first-order valence-electron chi connectivity index (χ1n) is 7.53. The highest BCUT2D eigenvalue weighted by molar-refractivity contribution is 7.91. The van der Waals surface area contributed by atoms with Crippen molar-refractivity contribution in [2.75, 3.05) is 18.1 Å². The van der Waals surface area contributed by atoms with Crippen LogP contribution in [-0.2, 0) is 9.84 Å². The second kappa shape index (κ2) is 8.16. The summed E-state index contributed by atoms with van der Waals surface area (Å²) in [5.74, 6) is 1.21. The van der Waals surface area contributed by atoms with E-state index in [-0.39, 0.29) is 5.75 Å². The van der Waals surface area contributed by atoms with Crippen molar-refractivity contribution in [1.29, 1.82) is 0 Å². The fourth-order valence-corrected chi connectivity index (χ4v) is 3.75. The Hall–Kier alpha value is -0.0900. The van der Waals surface area contributed by atoms with Gasteiger partial charge in [-0.2, -0.15) is 0 Å². The Morgan fingerprint density at radius 1 is 1.11 bits per heavy atom.